The Hall–Kier alpha value is -3.32. The Morgan fingerprint density at radius 1 is 1.11 bits per heavy atom. The lowest BCUT2D eigenvalue weighted by Crippen LogP contribution is -2.24. The Kier molecular flexibility index (Phi) is 9.60. The van der Waals surface area contributed by atoms with E-state index in [1.165, 1.54) is 22.3 Å². The van der Waals surface area contributed by atoms with Crippen LogP contribution in [0.4, 0.5) is 0 Å². The smallest absolute Gasteiger partial charge is 0.220 e. The standard InChI is InChI=1S/C30H36N4O2S/c1-22-17-23(2)19-25(18-22)21-37-30-33-32-28(34(30)26-11-7-12-27(20-26)36-3)13-8-14-29(35)31-16-15-24-9-5-4-6-10-24/h4-5,7,9,11-12,17-20H,6,8,10,13-16,21H2,1-3H3,(H,31,35). The summed E-state index contributed by atoms with van der Waals surface area (Å²) in [7, 11) is 1.67. The first-order chi connectivity index (χ1) is 18.0. The van der Waals surface area contributed by atoms with Crippen LogP contribution in [0.2, 0.25) is 0 Å². The second-order valence-electron chi connectivity index (χ2n) is 9.47. The summed E-state index contributed by atoms with van der Waals surface area (Å²) in [5.74, 6) is 2.52. The van der Waals surface area contributed by atoms with Crippen molar-refractivity contribution in [3.05, 3.63) is 88.8 Å². The van der Waals surface area contributed by atoms with Gasteiger partial charge < -0.3 is 10.1 Å². The van der Waals surface area contributed by atoms with Crippen molar-refractivity contribution in [2.45, 2.75) is 63.3 Å². The van der Waals surface area contributed by atoms with Crippen molar-refractivity contribution in [1.29, 1.82) is 0 Å². The lowest BCUT2D eigenvalue weighted by molar-refractivity contribution is -0.121. The van der Waals surface area contributed by atoms with E-state index < -0.39 is 0 Å². The molecule has 0 bridgehead atoms. The lowest BCUT2D eigenvalue weighted by atomic mass is 10.0. The third-order valence-corrected chi connectivity index (χ3v) is 7.33. The Morgan fingerprint density at radius 3 is 2.70 bits per heavy atom. The molecule has 4 rings (SSSR count). The van der Waals surface area contributed by atoms with Crippen LogP contribution in [0.3, 0.4) is 0 Å². The van der Waals surface area contributed by atoms with Crippen molar-refractivity contribution in [1.82, 2.24) is 20.1 Å². The molecule has 0 fully saturated rings. The fourth-order valence-corrected chi connectivity index (χ4v) is 5.48. The van der Waals surface area contributed by atoms with E-state index in [0.29, 0.717) is 25.8 Å². The number of hydrogen-bond donors (Lipinski definition) is 1. The SMILES string of the molecule is COc1cccc(-n2c(CCCC(=O)NCCC3=CC=CCC3)nnc2SCc2cc(C)cc(C)c2)c1. The highest BCUT2D eigenvalue weighted by atomic mass is 32.2. The quantitative estimate of drug-likeness (QED) is 0.287. The van der Waals surface area contributed by atoms with E-state index in [1.54, 1.807) is 18.9 Å². The summed E-state index contributed by atoms with van der Waals surface area (Å²) in [6.45, 7) is 4.94. The third-order valence-electron chi connectivity index (χ3n) is 6.33. The van der Waals surface area contributed by atoms with Crippen LogP contribution in [0.15, 0.2) is 71.4 Å². The molecule has 1 aliphatic rings. The molecular weight excluding hydrogens is 480 g/mol. The predicted octanol–water partition coefficient (Wildman–Crippen LogP) is 6.29. The number of carbonyl (C=O) groups excluding carboxylic acids is 1. The maximum Gasteiger partial charge on any atom is 0.220 e. The molecule has 2 aromatic carbocycles. The number of nitrogens with one attached hydrogen (secondary N) is 1. The number of thioether (sulfide) groups is 1. The zero-order chi connectivity index (χ0) is 26.0. The summed E-state index contributed by atoms with van der Waals surface area (Å²) < 4.78 is 7.55. The van der Waals surface area contributed by atoms with Crippen LogP contribution in [0.5, 0.6) is 5.75 Å². The monoisotopic (exact) mass is 516 g/mol. The molecule has 1 aromatic heterocycles. The Bertz CT molecular complexity index is 1260. The molecular formula is C30H36N4O2S. The molecule has 1 heterocycles. The first-order valence-corrected chi connectivity index (χ1v) is 13.9. The summed E-state index contributed by atoms with van der Waals surface area (Å²) in [4.78, 5) is 12.4. The average Bonchev–Trinajstić information content (AvgIpc) is 3.30. The van der Waals surface area contributed by atoms with Gasteiger partial charge in [0, 0.05) is 31.2 Å². The number of amides is 1. The molecule has 0 aliphatic heterocycles. The number of nitrogens with zero attached hydrogens (tertiary/aromatic N) is 3. The summed E-state index contributed by atoms with van der Waals surface area (Å²) in [6.07, 6.45) is 11.4. The third kappa shape index (κ3) is 7.83. The summed E-state index contributed by atoms with van der Waals surface area (Å²) in [5.41, 5.74) is 6.15. The highest BCUT2D eigenvalue weighted by Crippen LogP contribution is 2.28. The topological polar surface area (TPSA) is 69.0 Å². The number of ether oxygens (including phenoxy) is 1. The van der Waals surface area contributed by atoms with Crippen LogP contribution >= 0.6 is 11.8 Å². The van der Waals surface area contributed by atoms with Gasteiger partial charge in [0.25, 0.3) is 0 Å². The van der Waals surface area contributed by atoms with Gasteiger partial charge in [-0.15, -0.1) is 10.2 Å². The molecule has 0 saturated carbocycles. The maximum atomic E-state index is 12.4. The van der Waals surface area contributed by atoms with Crippen LogP contribution in [-0.2, 0) is 17.0 Å². The molecule has 1 aliphatic carbocycles. The van der Waals surface area contributed by atoms with Crippen LogP contribution in [0.1, 0.15) is 54.6 Å². The maximum absolute atomic E-state index is 12.4. The number of carbonyl (C=O) groups is 1. The van der Waals surface area contributed by atoms with Gasteiger partial charge in [0.05, 0.1) is 12.8 Å². The molecule has 0 unspecified atom stereocenters. The van der Waals surface area contributed by atoms with Gasteiger partial charge in [0.15, 0.2) is 5.16 Å². The van der Waals surface area contributed by atoms with E-state index in [2.05, 4.69) is 70.4 Å². The molecule has 6 nitrogen and oxygen atoms in total. The van der Waals surface area contributed by atoms with Crippen LogP contribution in [0.25, 0.3) is 5.69 Å². The molecule has 194 valence electrons. The Labute approximate surface area is 224 Å². The molecule has 3 aromatic rings. The fraction of sp³-hybridized carbons (Fsp3) is 0.367. The largest absolute Gasteiger partial charge is 0.497 e. The second kappa shape index (κ2) is 13.3. The number of aryl methyl sites for hydroxylation is 3. The highest BCUT2D eigenvalue weighted by molar-refractivity contribution is 7.98. The van der Waals surface area contributed by atoms with Crippen molar-refractivity contribution in [2.24, 2.45) is 0 Å². The highest BCUT2D eigenvalue weighted by Gasteiger charge is 2.16. The van der Waals surface area contributed by atoms with Crippen LogP contribution < -0.4 is 10.1 Å². The van der Waals surface area contributed by atoms with Crippen molar-refractivity contribution in [3.63, 3.8) is 0 Å². The van der Waals surface area contributed by atoms with Gasteiger partial charge in [0.2, 0.25) is 5.91 Å². The molecule has 37 heavy (non-hydrogen) atoms. The number of methoxy groups -OCH3 is 1. The summed E-state index contributed by atoms with van der Waals surface area (Å²) in [6, 6.07) is 14.6. The van der Waals surface area contributed by atoms with E-state index in [1.807, 2.05) is 24.3 Å². The van der Waals surface area contributed by atoms with Gasteiger partial charge >= 0.3 is 0 Å². The van der Waals surface area contributed by atoms with E-state index in [9.17, 15) is 4.79 Å². The predicted molar refractivity (Wildman–Crippen MR) is 150 cm³/mol. The first kappa shape index (κ1) is 26.7. The molecule has 1 N–H and O–H groups in total. The molecule has 0 radical (unpaired) electrons. The van der Waals surface area contributed by atoms with E-state index in [4.69, 9.17) is 4.74 Å². The molecule has 0 atom stereocenters. The Balaban J connectivity index is 1.40. The van der Waals surface area contributed by atoms with Crippen molar-refractivity contribution < 1.29 is 9.53 Å². The minimum atomic E-state index is 0.0869. The fourth-order valence-electron chi connectivity index (χ4n) is 4.58. The van der Waals surface area contributed by atoms with E-state index >= 15 is 0 Å². The second-order valence-corrected chi connectivity index (χ2v) is 10.4. The molecule has 1 amide bonds. The van der Waals surface area contributed by atoms with Crippen molar-refractivity contribution in [2.75, 3.05) is 13.7 Å². The minimum absolute atomic E-state index is 0.0869. The van der Waals surface area contributed by atoms with Gasteiger partial charge in [-0.05, 0) is 57.2 Å². The zero-order valence-corrected chi connectivity index (χ0v) is 22.8. The normalized spacial score (nSPS) is 12.9. The van der Waals surface area contributed by atoms with Crippen molar-refractivity contribution in [3.8, 4) is 11.4 Å². The molecule has 7 heteroatoms. The summed E-state index contributed by atoms with van der Waals surface area (Å²) >= 11 is 1.67. The van der Waals surface area contributed by atoms with E-state index in [0.717, 1.165) is 47.4 Å². The number of allylic oxidation sites excluding steroid dienone is 3. The van der Waals surface area contributed by atoms with Gasteiger partial charge in [-0.2, -0.15) is 0 Å². The number of hydrogen-bond acceptors (Lipinski definition) is 5. The summed E-state index contributed by atoms with van der Waals surface area (Å²) in [5, 5.41) is 12.9. The average molecular weight is 517 g/mol. The molecule has 0 spiro atoms. The zero-order valence-electron chi connectivity index (χ0n) is 22.0. The first-order valence-electron chi connectivity index (χ1n) is 12.9. The number of rotatable bonds is 12. The van der Waals surface area contributed by atoms with Crippen molar-refractivity contribution >= 4 is 17.7 Å². The molecule has 0 saturated heterocycles. The number of aromatic nitrogens is 3. The van der Waals surface area contributed by atoms with E-state index in [-0.39, 0.29) is 5.91 Å². The van der Waals surface area contributed by atoms with Crippen LogP contribution in [0, 0.1) is 13.8 Å². The van der Waals surface area contributed by atoms with Gasteiger partial charge in [-0.3, -0.25) is 9.36 Å². The van der Waals surface area contributed by atoms with Gasteiger partial charge in [0.1, 0.15) is 11.6 Å². The van der Waals surface area contributed by atoms with Gasteiger partial charge in [-0.25, -0.2) is 0 Å². The lowest BCUT2D eigenvalue weighted by Gasteiger charge is -2.12. The number of benzene rings is 2. The Morgan fingerprint density at radius 2 is 1.95 bits per heavy atom. The van der Waals surface area contributed by atoms with Crippen LogP contribution in [-0.4, -0.2) is 34.3 Å². The van der Waals surface area contributed by atoms with Gasteiger partial charge in [-0.1, -0.05) is 71.0 Å². The minimum Gasteiger partial charge on any atom is -0.497 e.